The van der Waals surface area contributed by atoms with Gasteiger partial charge in [0.05, 0.1) is 10.9 Å². The quantitative estimate of drug-likeness (QED) is 0.769. The minimum absolute atomic E-state index is 0.0285. The Morgan fingerprint density at radius 2 is 1.92 bits per heavy atom. The van der Waals surface area contributed by atoms with E-state index in [0.717, 1.165) is 5.56 Å². The van der Waals surface area contributed by atoms with E-state index in [1.165, 1.54) is 11.1 Å². The molecule has 2 aromatic carbocycles. The highest BCUT2D eigenvalue weighted by molar-refractivity contribution is 5.78. The molecule has 1 heterocycles. The number of hydrogen-bond donors (Lipinski definition) is 1. The average molecular weight is 349 g/mol. The van der Waals surface area contributed by atoms with Crippen LogP contribution in [-0.2, 0) is 17.8 Å². The lowest BCUT2D eigenvalue weighted by Crippen LogP contribution is -2.27. The molecule has 3 rings (SSSR count). The van der Waals surface area contributed by atoms with Crippen LogP contribution in [0, 0.1) is 13.8 Å². The minimum Gasteiger partial charge on any atom is -0.341 e. The van der Waals surface area contributed by atoms with Crippen LogP contribution in [0.2, 0.25) is 0 Å². The van der Waals surface area contributed by atoms with Gasteiger partial charge in [-0.15, -0.1) is 0 Å². The Morgan fingerprint density at radius 1 is 1.15 bits per heavy atom. The predicted octanol–water partition coefficient (Wildman–Crippen LogP) is 3.13. The number of aromatic nitrogens is 2. The van der Waals surface area contributed by atoms with Gasteiger partial charge in [0.25, 0.3) is 5.56 Å². The molecular formula is C21H23N3O2. The van der Waals surface area contributed by atoms with E-state index in [1.54, 1.807) is 18.0 Å². The van der Waals surface area contributed by atoms with E-state index in [4.69, 9.17) is 0 Å². The number of carbonyl (C=O) groups excluding carboxylic acids is 1. The number of fused-ring (bicyclic) bond motifs is 1. The second kappa shape index (κ2) is 7.52. The molecule has 0 aliphatic carbocycles. The normalized spacial score (nSPS) is 10.9. The number of rotatable bonds is 5. The lowest BCUT2D eigenvalue weighted by molar-refractivity contribution is -0.130. The summed E-state index contributed by atoms with van der Waals surface area (Å²) >= 11 is 0. The van der Waals surface area contributed by atoms with Crippen molar-refractivity contribution in [1.82, 2.24) is 14.9 Å². The largest absolute Gasteiger partial charge is 0.341 e. The number of aromatic amines is 1. The van der Waals surface area contributed by atoms with Crippen molar-refractivity contribution in [3.05, 3.63) is 75.3 Å². The van der Waals surface area contributed by atoms with Crippen molar-refractivity contribution in [2.45, 2.75) is 33.2 Å². The number of para-hydroxylation sites is 1. The molecule has 0 radical (unpaired) electrons. The van der Waals surface area contributed by atoms with Crippen LogP contribution in [0.4, 0.5) is 0 Å². The second-order valence-electron chi connectivity index (χ2n) is 6.71. The van der Waals surface area contributed by atoms with Crippen LogP contribution < -0.4 is 5.56 Å². The van der Waals surface area contributed by atoms with Crippen LogP contribution in [-0.4, -0.2) is 27.8 Å². The van der Waals surface area contributed by atoms with Gasteiger partial charge < -0.3 is 9.88 Å². The monoisotopic (exact) mass is 349 g/mol. The topological polar surface area (TPSA) is 66.1 Å². The van der Waals surface area contributed by atoms with E-state index in [0.29, 0.717) is 36.1 Å². The van der Waals surface area contributed by atoms with Crippen LogP contribution in [0.1, 0.15) is 28.9 Å². The Kier molecular flexibility index (Phi) is 5.16. The molecule has 0 fully saturated rings. The van der Waals surface area contributed by atoms with Crippen molar-refractivity contribution in [3.63, 3.8) is 0 Å². The summed E-state index contributed by atoms with van der Waals surface area (Å²) in [6.45, 7) is 4.69. The first kappa shape index (κ1) is 17.9. The molecule has 5 nitrogen and oxygen atoms in total. The van der Waals surface area contributed by atoms with Crippen LogP contribution in [0.3, 0.4) is 0 Å². The molecule has 0 saturated carbocycles. The summed E-state index contributed by atoms with van der Waals surface area (Å²) in [5.41, 5.74) is 4.03. The molecule has 1 amide bonds. The molecule has 3 aromatic rings. The summed E-state index contributed by atoms with van der Waals surface area (Å²) in [4.78, 5) is 33.5. The zero-order valence-electron chi connectivity index (χ0n) is 15.4. The number of nitrogens with zero attached hydrogens (tertiary/aromatic N) is 2. The standard InChI is InChI=1S/C21H23N3O2/c1-14-8-9-16(15(2)12-14)13-24(3)20(25)11-10-19-22-18-7-5-4-6-17(18)21(26)23-19/h4-9,12H,10-11,13H2,1-3H3,(H,22,23,26). The van der Waals surface area contributed by atoms with E-state index in [2.05, 4.69) is 42.0 Å². The third kappa shape index (κ3) is 3.99. The summed E-state index contributed by atoms with van der Waals surface area (Å²) in [5.74, 6) is 0.572. The van der Waals surface area contributed by atoms with Crippen LogP contribution in [0.25, 0.3) is 10.9 Å². The fourth-order valence-corrected chi connectivity index (χ4v) is 3.04. The second-order valence-corrected chi connectivity index (χ2v) is 6.71. The first-order valence-electron chi connectivity index (χ1n) is 8.72. The van der Waals surface area contributed by atoms with Crippen molar-refractivity contribution in [2.24, 2.45) is 0 Å². The Hall–Kier alpha value is -2.95. The van der Waals surface area contributed by atoms with Crippen LogP contribution >= 0.6 is 0 Å². The van der Waals surface area contributed by atoms with E-state index >= 15 is 0 Å². The zero-order valence-corrected chi connectivity index (χ0v) is 15.4. The third-order valence-corrected chi connectivity index (χ3v) is 4.57. The lowest BCUT2D eigenvalue weighted by atomic mass is 10.1. The molecule has 0 unspecified atom stereocenters. The highest BCUT2D eigenvalue weighted by Crippen LogP contribution is 2.13. The Morgan fingerprint density at radius 3 is 2.69 bits per heavy atom. The number of nitrogens with one attached hydrogen (secondary N) is 1. The number of hydrogen-bond acceptors (Lipinski definition) is 3. The molecule has 134 valence electrons. The molecule has 1 aromatic heterocycles. The minimum atomic E-state index is -0.165. The molecule has 0 atom stereocenters. The zero-order chi connectivity index (χ0) is 18.7. The summed E-state index contributed by atoms with van der Waals surface area (Å²) < 4.78 is 0. The van der Waals surface area contributed by atoms with E-state index in [-0.39, 0.29) is 11.5 Å². The molecule has 1 N–H and O–H groups in total. The summed E-state index contributed by atoms with van der Waals surface area (Å²) in [7, 11) is 1.80. The Labute approximate surface area is 152 Å². The van der Waals surface area contributed by atoms with Gasteiger partial charge in [-0.1, -0.05) is 35.9 Å². The summed E-state index contributed by atoms with van der Waals surface area (Å²) in [6, 6.07) is 13.5. The summed E-state index contributed by atoms with van der Waals surface area (Å²) in [5, 5.41) is 0.564. The number of benzene rings is 2. The maximum absolute atomic E-state index is 12.5. The third-order valence-electron chi connectivity index (χ3n) is 4.57. The lowest BCUT2D eigenvalue weighted by Gasteiger charge is -2.18. The number of H-pyrrole nitrogens is 1. The average Bonchev–Trinajstić information content (AvgIpc) is 2.62. The van der Waals surface area contributed by atoms with E-state index < -0.39 is 0 Å². The fraction of sp³-hybridized carbons (Fsp3) is 0.286. The van der Waals surface area contributed by atoms with Gasteiger partial charge in [-0.25, -0.2) is 4.98 Å². The molecule has 5 heteroatoms. The maximum atomic E-state index is 12.5. The van der Waals surface area contributed by atoms with Gasteiger partial charge in [0, 0.05) is 26.4 Å². The van der Waals surface area contributed by atoms with Crippen molar-refractivity contribution < 1.29 is 4.79 Å². The van der Waals surface area contributed by atoms with Gasteiger partial charge in [0.15, 0.2) is 0 Å². The molecule has 0 aliphatic heterocycles. The number of amides is 1. The Balaban J connectivity index is 1.65. The van der Waals surface area contributed by atoms with Crippen LogP contribution in [0.5, 0.6) is 0 Å². The first-order valence-corrected chi connectivity index (χ1v) is 8.72. The smallest absolute Gasteiger partial charge is 0.258 e. The van der Waals surface area contributed by atoms with Crippen molar-refractivity contribution in [3.8, 4) is 0 Å². The highest BCUT2D eigenvalue weighted by atomic mass is 16.2. The number of carbonyl (C=O) groups is 1. The van der Waals surface area contributed by atoms with Crippen molar-refractivity contribution >= 4 is 16.8 Å². The Bertz CT molecular complexity index is 1010. The molecule has 0 aliphatic rings. The highest BCUT2D eigenvalue weighted by Gasteiger charge is 2.12. The molecule has 26 heavy (non-hydrogen) atoms. The fourth-order valence-electron chi connectivity index (χ4n) is 3.04. The maximum Gasteiger partial charge on any atom is 0.258 e. The van der Waals surface area contributed by atoms with Crippen LogP contribution in [0.15, 0.2) is 47.3 Å². The van der Waals surface area contributed by atoms with Gasteiger partial charge >= 0.3 is 0 Å². The SMILES string of the molecule is Cc1ccc(CN(C)C(=O)CCc2nc3ccccc3c(=O)[nH]2)c(C)c1. The molecular weight excluding hydrogens is 326 g/mol. The molecule has 0 bridgehead atoms. The van der Waals surface area contributed by atoms with Gasteiger partial charge in [-0.2, -0.15) is 0 Å². The van der Waals surface area contributed by atoms with E-state index in [9.17, 15) is 9.59 Å². The van der Waals surface area contributed by atoms with Gasteiger partial charge in [-0.3, -0.25) is 9.59 Å². The number of aryl methyl sites for hydroxylation is 3. The van der Waals surface area contributed by atoms with Gasteiger partial charge in [0.2, 0.25) is 5.91 Å². The molecule has 0 saturated heterocycles. The first-order chi connectivity index (χ1) is 12.4. The van der Waals surface area contributed by atoms with Crippen molar-refractivity contribution in [1.29, 1.82) is 0 Å². The van der Waals surface area contributed by atoms with E-state index in [1.807, 2.05) is 18.2 Å². The molecule has 0 spiro atoms. The summed E-state index contributed by atoms with van der Waals surface area (Å²) in [6.07, 6.45) is 0.721. The predicted molar refractivity (Wildman–Crippen MR) is 103 cm³/mol. The van der Waals surface area contributed by atoms with Gasteiger partial charge in [-0.05, 0) is 37.1 Å². The van der Waals surface area contributed by atoms with Gasteiger partial charge in [0.1, 0.15) is 5.82 Å². The van der Waals surface area contributed by atoms with Crippen molar-refractivity contribution in [2.75, 3.05) is 7.05 Å².